The number of carbonyl (C=O) groups is 2. The average molecular weight is 353 g/mol. The van der Waals surface area contributed by atoms with Crippen molar-refractivity contribution >= 4 is 17.5 Å². The first-order chi connectivity index (χ1) is 12.5. The molecule has 0 aliphatic rings. The molecule has 2 aromatic rings. The standard InChI is InChI=1S/C20H20FN3O2/c1-14(10-19(25)23-13-16-2-6-17(21)7-3-16)11-20(26)24-18-8-4-15(12-22)5-9-18/h2-9,14H,10-11,13H2,1H3,(H,23,25)(H,24,26). The van der Waals surface area contributed by atoms with Gasteiger partial charge in [0.15, 0.2) is 0 Å². The molecule has 0 fully saturated rings. The topological polar surface area (TPSA) is 82.0 Å². The lowest BCUT2D eigenvalue weighted by Gasteiger charge is -2.12. The van der Waals surface area contributed by atoms with Crippen molar-refractivity contribution in [3.8, 4) is 6.07 Å². The quantitative estimate of drug-likeness (QED) is 0.801. The molecule has 5 nitrogen and oxygen atoms in total. The van der Waals surface area contributed by atoms with Gasteiger partial charge in [0, 0.05) is 25.1 Å². The Morgan fingerprint density at radius 1 is 1.04 bits per heavy atom. The lowest BCUT2D eigenvalue weighted by Crippen LogP contribution is -2.26. The second kappa shape index (κ2) is 9.33. The minimum Gasteiger partial charge on any atom is -0.352 e. The first-order valence-electron chi connectivity index (χ1n) is 8.27. The van der Waals surface area contributed by atoms with Gasteiger partial charge in [-0.3, -0.25) is 9.59 Å². The van der Waals surface area contributed by atoms with Gasteiger partial charge in [-0.25, -0.2) is 4.39 Å². The molecule has 0 saturated heterocycles. The van der Waals surface area contributed by atoms with Crippen LogP contribution >= 0.6 is 0 Å². The Bertz CT molecular complexity index is 795. The summed E-state index contributed by atoms with van der Waals surface area (Å²) in [4.78, 5) is 24.0. The van der Waals surface area contributed by atoms with Crippen LogP contribution in [0.5, 0.6) is 0 Å². The van der Waals surface area contributed by atoms with Gasteiger partial charge in [0.25, 0.3) is 0 Å². The molecular formula is C20H20FN3O2. The summed E-state index contributed by atoms with van der Waals surface area (Å²) in [5, 5.41) is 14.3. The van der Waals surface area contributed by atoms with Gasteiger partial charge >= 0.3 is 0 Å². The van der Waals surface area contributed by atoms with E-state index in [4.69, 9.17) is 5.26 Å². The van der Waals surface area contributed by atoms with Crippen LogP contribution in [0.3, 0.4) is 0 Å². The highest BCUT2D eigenvalue weighted by Gasteiger charge is 2.13. The third-order valence-electron chi connectivity index (χ3n) is 3.77. The van der Waals surface area contributed by atoms with Gasteiger partial charge in [-0.1, -0.05) is 19.1 Å². The Morgan fingerprint density at radius 3 is 2.27 bits per heavy atom. The lowest BCUT2D eigenvalue weighted by atomic mass is 10.0. The normalized spacial score (nSPS) is 11.3. The van der Waals surface area contributed by atoms with E-state index in [-0.39, 0.29) is 36.4 Å². The fraction of sp³-hybridized carbons (Fsp3) is 0.250. The maximum atomic E-state index is 12.8. The van der Waals surface area contributed by atoms with Gasteiger partial charge in [0.05, 0.1) is 11.6 Å². The SMILES string of the molecule is CC(CC(=O)NCc1ccc(F)cc1)CC(=O)Nc1ccc(C#N)cc1. The number of nitrogens with zero attached hydrogens (tertiary/aromatic N) is 1. The number of benzene rings is 2. The zero-order valence-electron chi connectivity index (χ0n) is 14.5. The predicted molar refractivity (Wildman–Crippen MR) is 96.4 cm³/mol. The zero-order chi connectivity index (χ0) is 18.9. The van der Waals surface area contributed by atoms with Crippen LogP contribution in [0.4, 0.5) is 10.1 Å². The molecule has 0 saturated carbocycles. The molecule has 2 rings (SSSR count). The monoisotopic (exact) mass is 353 g/mol. The summed E-state index contributed by atoms with van der Waals surface area (Å²) in [6, 6.07) is 14.5. The summed E-state index contributed by atoms with van der Waals surface area (Å²) in [6.45, 7) is 2.15. The molecule has 0 aromatic heterocycles. The van der Waals surface area contributed by atoms with Crippen molar-refractivity contribution in [2.24, 2.45) is 5.92 Å². The molecule has 0 aliphatic heterocycles. The Hall–Kier alpha value is -3.20. The molecule has 6 heteroatoms. The van der Waals surface area contributed by atoms with E-state index in [2.05, 4.69) is 10.6 Å². The first-order valence-corrected chi connectivity index (χ1v) is 8.27. The molecule has 0 bridgehead atoms. The summed E-state index contributed by atoms with van der Waals surface area (Å²) in [5.74, 6) is -0.787. The highest BCUT2D eigenvalue weighted by atomic mass is 19.1. The Balaban J connectivity index is 1.73. The summed E-state index contributed by atoms with van der Waals surface area (Å²) in [6.07, 6.45) is 0.436. The third-order valence-corrected chi connectivity index (χ3v) is 3.77. The van der Waals surface area contributed by atoms with Gasteiger partial charge in [-0.15, -0.1) is 0 Å². The van der Waals surface area contributed by atoms with E-state index >= 15 is 0 Å². The van der Waals surface area contributed by atoms with Crippen molar-refractivity contribution in [3.05, 3.63) is 65.5 Å². The number of hydrogen-bond donors (Lipinski definition) is 2. The number of nitrogens with one attached hydrogen (secondary N) is 2. The minimum atomic E-state index is -0.318. The number of hydrogen-bond acceptors (Lipinski definition) is 3. The fourth-order valence-corrected chi connectivity index (χ4v) is 2.42. The van der Waals surface area contributed by atoms with E-state index in [1.165, 1.54) is 12.1 Å². The molecule has 0 aliphatic carbocycles. The summed E-state index contributed by atoms with van der Waals surface area (Å²) in [5.41, 5.74) is 1.95. The van der Waals surface area contributed by atoms with E-state index in [0.717, 1.165) is 5.56 Å². The molecule has 1 atom stereocenters. The number of halogens is 1. The van der Waals surface area contributed by atoms with Crippen LogP contribution in [0.1, 0.15) is 30.9 Å². The van der Waals surface area contributed by atoms with Gasteiger partial charge in [0.1, 0.15) is 5.82 Å². The van der Waals surface area contributed by atoms with Crippen molar-refractivity contribution < 1.29 is 14.0 Å². The van der Waals surface area contributed by atoms with E-state index < -0.39 is 0 Å². The van der Waals surface area contributed by atoms with Crippen molar-refractivity contribution in [3.63, 3.8) is 0 Å². The molecule has 134 valence electrons. The Morgan fingerprint density at radius 2 is 1.65 bits per heavy atom. The molecule has 0 heterocycles. The first kappa shape index (κ1) is 19.1. The van der Waals surface area contributed by atoms with E-state index in [1.807, 2.05) is 13.0 Å². The number of nitriles is 1. The van der Waals surface area contributed by atoms with Gasteiger partial charge < -0.3 is 10.6 Å². The highest BCUT2D eigenvalue weighted by Crippen LogP contribution is 2.13. The van der Waals surface area contributed by atoms with Gasteiger partial charge in [0.2, 0.25) is 11.8 Å². The zero-order valence-corrected chi connectivity index (χ0v) is 14.5. The Labute approximate surface area is 151 Å². The third kappa shape index (κ3) is 6.36. The fourth-order valence-electron chi connectivity index (χ4n) is 2.42. The second-order valence-electron chi connectivity index (χ2n) is 6.15. The van der Waals surface area contributed by atoms with Crippen molar-refractivity contribution in [1.82, 2.24) is 5.32 Å². The van der Waals surface area contributed by atoms with Crippen molar-refractivity contribution in [2.75, 3.05) is 5.32 Å². The second-order valence-corrected chi connectivity index (χ2v) is 6.15. The molecule has 2 aromatic carbocycles. The van der Waals surface area contributed by atoms with Crippen LogP contribution in [0.25, 0.3) is 0 Å². The number of anilines is 1. The summed E-state index contributed by atoms with van der Waals surface area (Å²) in [7, 11) is 0. The van der Waals surface area contributed by atoms with E-state index in [9.17, 15) is 14.0 Å². The van der Waals surface area contributed by atoms with Crippen molar-refractivity contribution in [2.45, 2.75) is 26.3 Å². The van der Waals surface area contributed by atoms with E-state index in [0.29, 0.717) is 17.8 Å². The molecular weight excluding hydrogens is 333 g/mol. The molecule has 2 amide bonds. The molecule has 0 spiro atoms. The lowest BCUT2D eigenvalue weighted by molar-refractivity contribution is -0.122. The molecule has 0 radical (unpaired) electrons. The minimum absolute atomic E-state index is 0.124. The van der Waals surface area contributed by atoms with Crippen LogP contribution < -0.4 is 10.6 Å². The van der Waals surface area contributed by atoms with Crippen LogP contribution in [0.2, 0.25) is 0 Å². The summed E-state index contributed by atoms with van der Waals surface area (Å²) >= 11 is 0. The number of rotatable bonds is 7. The van der Waals surface area contributed by atoms with Crippen LogP contribution in [0.15, 0.2) is 48.5 Å². The maximum Gasteiger partial charge on any atom is 0.224 e. The summed E-state index contributed by atoms with van der Waals surface area (Å²) < 4.78 is 12.8. The largest absolute Gasteiger partial charge is 0.352 e. The molecule has 2 N–H and O–H groups in total. The maximum absolute atomic E-state index is 12.8. The molecule has 1 unspecified atom stereocenters. The number of carbonyl (C=O) groups excluding carboxylic acids is 2. The highest BCUT2D eigenvalue weighted by molar-refractivity contribution is 5.91. The van der Waals surface area contributed by atoms with Crippen molar-refractivity contribution in [1.29, 1.82) is 5.26 Å². The van der Waals surface area contributed by atoms with Gasteiger partial charge in [-0.2, -0.15) is 5.26 Å². The smallest absolute Gasteiger partial charge is 0.224 e. The van der Waals surface area contributed by atoms with Gasteiger partial charge in [-0.05, 0) is 47.9 Å². The average Bonchev–Trinajstić information content (AvgIpc) is 2.61. The predicted octanol–water partition coefficient (Wildman–Crippen LogP) is 3.37. The molecule has 26 heavy (non-hydrogen) atoms. The van der Waals surface area contributed by atoms with Crippen LogP contribution in [0, 0.1) is 23.1 Å². The van der Waals surface area contributed by atoms with Crippen LogP contribution in [-0.4, -0.2) is 11.8 Å². The number of amides is 2. The Kier molecular flexibility index (Phi) is 6.86. The van der Waals surface area contributed by atoms with Crippen LogP contribution in [-0.2, 0) is 16.1 Å². The van der Waals surface area contributed by atoms with E-state index in [1.54, 1.807) is 36.4 Å².